The molecule has 31 heavy (non-hydrogen) atoms. The molecule has 0 radical (unpaired) electrons. The topological polar surface area (TPSA) is 68.1 Å². The highest BCUT2D eigenvalue weighted by Gasteiger charge is 2.31. The number of anilines is 1. The second-order valence-electron chi connectivity index (χ2n) is 8.14. The van der Waals surface area contributed by atoms with E-state index < -0.39 is 0 Å². The lowest BCUT2D eigenvalue weighted by atomic mass is 10.0. The number of rotatable bonds is 7. The number of hydrogen-bond donors (Lipinski definition) is 0. The van der Waals surface area contributed by atoms with E-state index in [2.05, 4.69) is 32.3 Å². The number of carbonyl (C=O) groups is 2. The third-order valence-corrected chi connectivity index (χ3v) is 7.78. The molecule has 2 aliphatic rings. The van der Waals surface area contributed by atoms with Crippen molar-refractivity contribution in [3.8, 4) is 0 Å². The molecule has 1 aliphatic heterocycles. The summed E-state index contributed by atoms with van der Waals surface area (Å²) in [5.74, 6) is 1.10. The maximum Gasteiger partial charge on any atom is 0.223 e. The molecule has 0 saturated heterocycles. The molecule has 1 unspecified atom stereocenters. The Labute approximate surface area is 189 Å². The van der Waals surface area contributed by atoms with E-state index in [9.17, 15) is 9.59 Å². The van der Waals surface area contributed by atoms with Gasteiger partial charge in [0.25, 0.3) is 0 Å². The van der Waals surface area contributed by atoms with Gasteiger partial charge in [0.1, 0.15) is 5.82 Å². The Hall–Kier alpha value is -2.45. The van der Waals surface area contributed by atoms with Crippen LogP contribution in [-0.4, -0.2) is 38.2 Å². The zero-order chi connectivity index (χ0) is 21.5. The second kappa shape index (κ2) is 8.24. The van der Waals surface area contributed by atoms with E-state index in [-0.39, 0.29) is 16.9 Å². The van der Waals surface area contributed by atoms with Crippen molar-refractivity contribution in [2.75, 3.05) is 11.4 Å². The van der Waals surface area contributed by atoms with Gasteiger partial charge < -0.3 is 9.47 Å². The number of thiophene rings is 1. The highest BCUT2D eigenvalue weighted by Crippen LogP contribution is 2.40. The maximum atomic E-state index is 13.2. The van der Waals surface area contributed by atoms with Gasteiger partial charge >= 0.3 is 0 Å². The monoisotopic (exact) mass is 452 g/mol. The van der Waals surface area contributed by atoms with Crippen molar-refractivity contribution in [1.29, 1.82) is 0 Å². The Bertz CT molecular complexity index is 1130. The fraction of sp³-hybridized carbons (Fsp3) is 0.391. The molecule has 1 amide bonds. The molecule has 160 valence electrons. The summed E-state index contributed by atoms with van der Waals surface area (Å²) in [6, 6.07) is 10.3. The number of ketones is 1. The van der Waals surface area contributed by atoms with Crippen molar-refractivity contribution in [1.82, 2.24) is 14.8 Å². The van der Waals surface area contributed by atoms with Gasteiger partial charge in [-0.3, -0.25) is 9.59 Å². The van der Waals surface area contributed by atoms with E-state index >= 15 is 0 Å². The fourth-order valence-electron chi connectivity index (χ4n) is 4.11. The molecule has 0 bridgehead atoms. The van der Waals surface area contributed by atoms with Crippen LogP contribution >= 0.6 is 23.1 Å². The Kier molecular flexibility index (Phi) is 5.44. The van der Waals surface area contributed by atoms with Crippen molar-refractivity contribution in [2.24, 2.45) is 0 Å². The molecule has 0 N–H and O–H groups in total. The van der Waals surface area contributed by atoms with Crippen molar-refractivity contribution < 1.29 is 9.59 Å². The van der Waals surface area contributed by atoms with Gasteiger partial charge in [0, 0.05) is 42.1 Å². The molecular formula is C23H24N4O2S2. The summed E-state index contributed by atoms with van der Waals surface area (Å²) in [5.41, 5.74) is 2.69. The number of aromatic nitrogens is 3. The standard InChI is InChI=1S/C23H24N4O2S2/c1-14(22(29)17-5-8-20-16(12-17)9-10-26(20)15(2)28)31-23-25-24-21(27(23)18-6-7-18)13-19-4-3-11-30-19/h3-5,8,11-12,14,18H,6-7,9-10,13H2,1-2H3. The van der Waals surface area contributed by atoms with Gasteiger partial charge in [0.15, 0.2) is 10.9 Å². The molecule has 5 rings (SSSR count). The Morgan fingerprint density at radius 1 is 1.26 bits per heavy atom. The summed E-state index contributed by atoms with van der Waals surface area (Å²) in [4.78, 5) is 28.0. The number of benzene rings is 1. The molecule has 1 fully saturated rings. The van der Waals surface area contributed by atoms with Gasteiger partial charge in [-0.15, -0.1) is 21.5 Å². The minimum atomic E-state index is -0.264. The van der Waals surface area contributed by atoms with Crippen molar-refractivity contribution >= 4 is 40.5 Å². The zero-order valence-electron chi connectivity index (χ0n) is 17.6. The number of nitrogens with zero attached hydrogens (tertiary/aromatic N) is 4. The lowest BCUT2D eigenvalue weighted by molar-refractivity contribution is -0.116. The highest BCUT2D eigenvalue weighted by atomic mass is 32.2. The van der Waals surface area contributed by atoms with Gasteiger partial charge in [-0.25, -0.2) is 0 Å². The van der Waals surface area contributed by atoms with Gasteiger partial charge in [0.05, 0.1) is 5.25 Å². The van der Waals surface area contributed by atoms with E-state index in [0.717, 1.165) is 47.9 Å². The minimum absolute atomic E-state index is 0.0412. The minimum Gasteiger partial charge on any atom is -0.312 e. The summed E-state index contributed by atoms with van der Waals surface area (Å²) in [6.07, 6.45) is 3.85. The van der Waals surface area contributed by atoms with Gasteiger partial charge in [0.2, 0.25) is 5.91 Å². The van der Waals surface area contributed by atoms with Crippen LogP contribution in [0.2, 0.25) is 0 Å². The molecule has 1 aromatic carbocycles. The lowest BCUT2D eigenvalue weighted by Gasteiger charge is -2.15. The highest BCUT2D eigenvalue weighted by molar-refractivity contribution is 8.00. The quantitative estimate of drug-likeness (QED) is 0.389. The predicted octanol–water partition coefficient (Wildman–Crippen LogP) is 4.54. The van der Waals surface area contributed by atoms with E-state index in [4.69, 9.17) is 0 Å². The number of carbonyl (C=O) groups excluding carboxylic acids is 2. The van der Waals surface area contributed by atoms with Crippen LogP contribution in [0, 0.1) is 0 Å². The van der Waals surface area contributed by atoms with E-state index in [1.54, 1.807) is 23.2 Å². The van der Waals surface area contributed by atoms with Crippen LogP contribution in [0.15, 0.2) is 40.9 Å². The van der Waals surface area contributed by atoms with Crippen LogP contribution in [0.3, 0.4) is 0 Å². The van der Waals surface area contributed by atoms with E-state index in [1.807, 2.05) is 25.1 Å². The second-order valence-corrected chi connectivity index (χ2v) is 10.5. The van der Waals surface area contributed by atoms with Gasteiger partial charge in [-0.2, -0.15) is 0 Å². The summed E-state index contributed by atoms with van der Waals surface area (Å²) >= 11 is 3.22. The van der Waals surface area contributed by atoms with Crippen LogP contribution in [0.4, 0.5) is 5.69 Å². The number of thioether (sulfide) groups is 1. The molecule has 3 aromatic rings. The summed E-state index contributed by atoms with van der Waals surface area (Å²) in [6.45, 7) is 4.20. The molecular weight excluding hydrogens is 428 g/mol. The third-order valence-electron chi connectivity index (χ3n) is 5.85. The first-order valence-electron chi connectivity index (χ1n) is 10.6. The zero-order valence-corrected chi connectivity index (χ0v) is 19.2. The number of Topliss-reactive ketones (excluding diaryl/α,β-unsaturated/α-hetero) is 1. The van der Waals surface area contributed by atoms with Gasteiger partial charge in [-0.05, 0) is 61.4 Å². The van der Waals surface area contributed by atoms with Crippen molar-refractivity contribution in [3.63, 3.8) is 0 Å². The van der Waals surface area contributed by atoms with E-state index in [0.29, 0.717) is 18.2 Å². The Morgan fingerprint density at radius 3 is 2.81 bits per heavy atom. The average Bonchev–Trinajstić information content (AvgIpc) is 3.15. The third kappa shape index (κ3) is 4.06. The SMILES string of the molecule is CC(=O)N1CCc2cc(C(=O)C(C)Sc3nnc(Cc4cccs4)n3C3CC3)ccc21. The van der Waals surface area contributed by atoms with Crippen LogP contribution in [0.1, 0.15) is 59.4 Å². The average molecular weight is 453 g/mol. The summed E-state index contributed by atoms with van der Waals surface area (Å²) in [5, 5.41) is 11.6. The molecule has 0 spiro atoms. The normalized spacial score (nSPS) is 16.4. The molecule has 6 nitrogen and oxygen atoms in total. The molecule has 8 heteroatoms. The fourth-order valence-corrected chi connectivity index (χ4v) is 5.82. The van der Waals surface area contributed by atoms with Crippen LogP contribution in [0.5, 0.6) is 0 Å². The smallest absolute Gasteiger partial charge is 0.223 e. The van der Waals surface area contributed by atoms with Crippen LogP contribution in [-0.2, 0) is 17.6 Å². The number of hydrogen-bond acceptors (Lipinski definition) is 6. The number of amides is 1. The lowest BCUT2D eigenvalue weighted by Crippen LogP contribution is -2.25. The van der Waals surface area contributed by atoms with Crippen molar-refractivity contribution in [3.05, 3.63) is 57.5 Å². The summed E-state index contributed by atoms with van der Waals surface area (Å²) in [7, 11) is 0. The van der Waals surface area contributed by atoms with E-state index in [1.165, 1.54) is 16.6 Å². The Morgan fingerprint density at radius 2 is 2.10 bits per heavy atom. The number of fused-ring (bicyclic) bond motifs is 1. The molecule has 1 saturated carbocycles. The van der Waals surface area contributed by atoms with Crippen LogP contribution in [0.25, 0.3) is 0 Å². The predicted molar refractivity (Wildman–Crippen MR) is 123 cm³/mol. The summed E-state index contributed by atoms with van der Waals surface area (Å²) < 4.78 is 2.24. The molecule has 1 aliphatic carbocycles. The largest absolute Gasteiger partial charge is 0.312 e. The molecule has 2 aromatic heterocycles. The maximum absolute atomic E-state index is 13.2. The first-order valence-corrected chi connectivity index (χ1v) is 12.3. The van der Waals surface area contributed by atoms with Crippen LogP contribution < -0.4 is 4.90 Å². The first kappa shape index (κ1) is 20.5. The first-order chi connectivity index (χ1) is 15.0. The molecule has 3 heterocycles. The van der Waals surface area contributed by atoms with Gasteiger partial charge in [-0.1, -0.05) is 17.8 Å². The molecule has 1 atom stereocenters. The van der Waals surface area contributed by atoms with Crippen molar-refractivity contribution in [2.45, 2.75) is 56.0 Å². The Balaban J connectivity index is 1.34.